The Morgan fingerprint density at radius 2 is 2.20 bits per heavy atom. The first-order valence-electron chi connectivity index (χ1n) is 4.56. The standard InChI is InChI=1S/C11H12N2O2/c1-7-6-15-11(13-7)9-4-3-8(12)5-10(9)14-2/h3-6H,12H2,1-2H3. The van der Waals surface area contributed by atoms with Crippen molar-refractivity contribution in [1.29, 1.82) is 0 Å². The largest absolute Gasteiger partial charge is 0.496 e. The second kappa shape index (κ2) is 3.65. The van der Waals surface area contributed by atoms with Gasteiger partial charge in [-0.2, -0.15) is 0 Å². The molecule has 0 fully saturated rings. The molecule has 4 nitrogen and oxygen atoms in total. The van der Waals surface area contributed by atoms with Gasteiger partial charge in [-0.1, -0.05) is 0 Å². The zero-order valence-electron chi connectivity index (χ0n) is 8.65. The normalized spacial score (nSPS) is 10.3. The summed E-state index contributed by atoms with van der Waals surface area (Å²) < 4.78 is 10.5. The van der Waals surface area contributed by atoms with Crippen LogP contribution in [0.3, 0.4) is 0 Å². The lowest BCUT2D eigenvalue weighted by Crippen LogP contribution is -1.91. The lowest BCUT2D eigenvalue weighted by Gasteiger charge is -2.05. The molecule has 0 spiro atoms. The highest BCUT2D eigenvalue weighted by Gasteiger charge is 2.10. The first-order valence-corrected chi connectivity index (χ1v) is 4.56. The van der Waals surface area contributed by atoms with Crippen LogP contribution in [0.25, 0.3) is 11.5 Å². The molecule has 1 aromatic heterocycles. The highest BCUT2D eigenvalue weighted by atomic mass is 16.5. The van der Waals surface area contributed by atoms with Gasteiger partial charge in [-0.3, -0.25) is 0 Å². The molecule has 0 saturated carbocycles. The second-order valence-electron chi connectivity index (χ2n) is 3.25. The van der Waals surface area contributed by atoms with E-state index in [2.05, 4.69) is 4.98 Å². The molecule has 0 saturated heterocycles. The summed E-state index contributed by atoms with van der Waals surface area (Å²) in [5.41, 5.74) is 7.95. The smallest absolute Gasteiger partial charge is 0.229 e. The summed E-state index contributed by atoms with van der Waals surface area (Å²) in [6.45, 7) is 1.87. The number of hydrogen-bond acceptors (Lipinski definition) is 4. The predicted octanol–water partition coefficient (Wildman–Crippen LogP) is 2.24. The third-order valence-electron chi connectivity index (χ3n) is 2.08. The van der Waals surface area contributed by atoms with Crippen LogP contribution in [0.1, 0.15) is 5.69 Å². The van der Waals surface area contributed by atoms with Crippen LogP contribution in [0.2, 0.25) is 0 Å². The number of rotatable bonds is 2. The van der Waals surface area contributed by atoms with Crippen molar-refractivity contribution < 1.29 is 9.15 Å². The van der Waals surface area contributed by atoms with Crippen LogP contribution in [0.4, 0.5) is 5.69 Å². The number of nitrogens with zero attached hydrogens (tertiary/aromatic N) is 1. The number of aryl methyl sites for hydroxylation is 1. The van der Waals surface area contributed by atoms with E-state index >= 15 is 0 Å². The van der Waals surface area contributed by atoms with E-state index in [-0.39, 0.29) is 0 Å². The fraction of sp³-hybridized carbons (Fsp3) is 0.182. The molecule has 1 heterocycles. The molecule has 4 heteroatoms. The Morgan fingerprint density at radius 3 is 2.80 bits per heavy atom. The van der Waals surface area contributed by atoms with Crippen LogP contribution in [0, 0.1) is 6.92 Å². The number of aromatic nitrogens is 1. The molecular formula is C11H12N2O2. The van der Waals surface area contributed by atoms with Gasteiger partial charge in [0.25, 0.3) is 0 Å². The quantitative estimate of drug-likeness (QED) is 0.762. The van der Waals surface area contributed by atoms with Crippen molar-refractivity contribution in [3.8, 4) is 17.2 Å². The maximum absolute atomic E-state index is 5.66. The predicted molar refractivity (Wildman–Crippen MR) is 57.6 cm³/mol. The Morgan fingerprint density at radius 1 is 1.40 bits per heavy atom. The molecule has 1 aromatic carbocycles. The van der Waals surface area contributed by atoms with Gasteiger partial charge >= 0.3 is 0 Å². The van der Waals surface area contributed by atoms with Gasteiger partial charge in [-0.25, -0.2) is 4.98 Å². The Labute approximate surface area is 87.7 Å². The molecule has 2 rings (SSSR count). The van der Waals surface area contributed by atoms with Crippen molar-refractivity contribution in [2.75, 3.05) is 12.8 Å². The molecule has 78 valence electrons. The Balaban J connectivity index is 2.52. The first-order chi connectivity index (χ1) is 7.20. The van der Waals surface area contributed by atoms with Crippen molar-refractivity contribution >= 4 is 5.69 Å². The molecule has 15 heavy (non-hydrogen) atoms. The molecule has 0 aliphatic carbocycles. The second-order valence-corrected chi connectivity index (χ2v) is 3.25. The number of hydrogen-bond donors (Lipinski definition) is 1. The molecule has 2 N–H and O–H groups in total. The monoisotopic (exact) mass is 204 g/mol. The summed E-state index contributed by atoms with van der Waals surface area (Å²) in [5, 5.41) is 0. The van der Waals surface area contributed by atoms with E-state index in [4.69, 9.17) is 14.9 Å². The molecule has 0 bridgehead atoms. The molecule has 0 aliphatic heterocycles. The van der Waals surface area contributed by atoms with Gasteiger partial charge in [-0.05, 0) is 19.1 Å². The van der Waals surface area contributed by atoms with E-state index in [0.717, 1.165) is 11.3 Å². The minimum atomic E-state index is 0.546. The van der Waals surface area contributed by atoms with Gasteiger partial charge in [0.2, 0.25) is 5.89 Å². The number of ether oxygens (including phenoxy) is 1. The Bertz CT molecular complexity index is 477. The van der Waals surface area contributed by atoms with E-state index in [9.17, 15) is 0 Å². The van der Waals surface area contributed by atoms with E-state index in [1.807, 2.05) is 13.0 Å². The van der Waals surface area contributed by atoms with E-state index in [1.165, 1.54) is 0 Å². The van der Waals surface area contributed by atoms with Gasteiger partial charge < -0.3 is 14.9 Å². The SMILES string of the molecule is COc1cc(N)ccc1-c1nc(C)co1. The number of oxazole rings is 1. The summed E-state index contributed by atoms with van der Waals surface area (Å²) in [4.78, 5) is 4.23. The third-order valence-corrected chi connectivity index (χ3v) is 2.08. The number of benzene rings is 1. The number of methoxy groups -OCH3 is 1. The minimum Gasteiger partial charge on any atom is -0.496 e. The number of nitrogens with two attached hydrogens (primary N) is 1. The van der Waals surface area contributed by atoms with Gasteiger partial charge in [-0.15, -0.1) is 0 Å². The molecular weight excluding hydrogens is 192 g/mol. The summed E-state index contributed by atoms with van der Waals surface area (Å²) in [6, 6.07) is 5.37. The maximum atomic E-state index is 5.66. The molecule has 0 aliphatic rings. The van der Waals surface area contributed by atoms with Crippen molar-refractivity contribution in [1.82, 2.24) is 4.98 Å². The average molecular weight is 204 g/mol. The van der Waals surface area contributed by atoms with Gasteiger partial charge in [0.1, 0.15) is 12.0 Å². The van der Waals surface area contributed by atoms with Crippen LogP contribution >= 0.6 is 0 Å². The topological polar surface area (TPSA) is 61.3 Å². The molecule has 2 aromatic rings. The van der Waals surface area contributed by atoms with Crippen LogP contribution < -0.4 is 10.5 Å². The first kappa shape index (κ1) is 9.58. The zero-order chi connectivity index (χ0) is 10.8. The molecule has 0 amide bonds. The Hall–Kier alpha value is -1.97. The van der Waals surface area contributed by atoms with Crippen molar-refractivity contribution in [3.63, 3.8) is 0 Å². The van der Waals surface area contributed by atoms with Crippen molar-refractivity contribution in [2.45, 2.75) is 6.92 Å². The fourth-order valence-corrected chi connectivity index (χ4v) is 1.36. The summed E-state index contributed by atoms with van der Waals surface area (Å²) >= 11 is 0. The van der Waals surface area contributed by atoms with Gasteiger partial charge in [0.15, 0.2) is 0 Å². The summed E-state index contributed by atoms with van der Waals surface area (Å²) in [7, 11) is 1.59. The number of nitrogen functional groups attached to an aromatic ring is 1. The van der Waals surface area contributed by atoms with Gasteiger partial charge in [0, 0.05) is 11.8 Å². The molecule has 0 atom stereocenters. The highest BCUT2D eigenvalue weighted by Crippen LogP contribution is 2.30. The van der Waals surface area contributed by atoms with Crippen LogP contribution in [0.15, 0.2) is 28.9 Å². The number of anilines is 1. The average Bonchev–Trinajstić information content (AvgIpc) is 2.64. The van der Waals surface area contributed by atoms with Crippen LogP contribution in [-0.2, 0) is 0 Å². The molecule has 0 radical (unpaired) electrons. The highest BCUT2D eigenvalue weighted by molar-refractivity contribution is 5.66. The van der Waals surface area contributed by atoms with Crippen LogP contribution in [0.5, 0.6) is 5.75 Å². The van der Waals surface area contributed by atoms with Crippen molar-refractivity contribution in [2.24, 2.45) is 0 Å². The van der Waals surface area contributed by atoms with Gasteiger partial charge in [0.05, 0.1) is 18.4 Å². The third kappa shape index (κ3) is 1.79. The maximum Gasteiger partial charge on any atom is 0.229 e. The van der Waals surface area contributed by atoms with Crippen molar-refractivity contribution in [3.05, 3.63) is 30.2 Å². The zero-order valence-corrected chi connectivity index (χ0v) is 8.65. The van der Waals surface area contributed by atoms with Crippen LogP contribution in [-0.4, -0.2) is 12.1 Å². The lowest BCUT2D eigenvalue weighted by molar-refractivity contribution is 0.414. The minimum absolute atomic E-state index is 0.546. The summed E-state index contributed by atoms with van der Waals surface area (Å²) in [5.74, 6) is 1.21. The summed E-state index contributed by atoms with van der Waals surface area (Å²) in [6.07, 6.45) is 1.60. The van der Waals surface area contributed by atoms with E-state index in [1.54, 1.807) is 25.5 Å². The fourth-order valence-electron chi connectivity index (χ4n) is 1.36. The lowest BCUT2D eigenvalue weighted by atomic mass is 10.2. The van der Waals surface area contributed by atoms with E-state index < -0.39 is 0 Å². The molecule has 0 unspecified atom stereocenters. The van der Waals surface area contributed by atoms with E-state index in [0.29, 0.717) is 17.3 Å². The Kier molecular flexibility index (Phi) is 2.33.